The minimum absolute atomic E-state index is 0.0125. The van der Waals surface area contributed by atoms with Crippen molar-refractivity contribution in [2.24, 2.45) is 5.92 Å². The third-order valence-electron chi connectivity index (χ3n) is 3.48. The van der Waals surface area contributed by atoms with Crippen LogP contribution in [0.25, 0.3) is 0 Å². The maximum atomic E-state index is 13.4. The third kappa shape index (κ3) is 3.65. The van der Waals surface area contributed by atoms with E-state index in [-0.39, 0.29) is 31.1 Å². The Morgan fingerprint density at radius 3 is 2.55 bits per heavy atom. The molecule has 0 saturated heterocycles. The highest BCUT2D eigenvalue weighted by atomic mass is 19.3. The molecular formula is C14H14F3O3-. The van der Waals surface area contributed by atoms with Crippen LogP contribution in [0.15, 0.2) is 18.2 Å². The molecule has 1 aromatic rings. The number of carbonyl (C=O) groups excluding carboxylic acids is 1. The van der Waals surface area contributed by atoms with Crippen molar-refractivity contribution >= 4 is 5.97 Å². The second-order valence-electron chi connectivity index (χ2n) is 5.04. The van der Waals surface area contributed by atoms with E-state index in [9.17, 15) is 23.1 Å². The Morgan fingerprint density at radius 1 is 1.35 bits per heavy atom. The zero-order valence-corrected chi connectivity index (χ0v) is 10.7. The molecule has 20 heavy (non-hydrogen) atoms. The lowest BCUT2D eigenvalue weighted by Gasteiger charge is -2.28. The number of hydrogen-bond donors (Lipinski definition) is 0. The number of rotatable bonds is 4. The zero-order chi connectivity index (χ0) is 14.8. The first-order valence-electron chi connectivity index (χ1n) is 6.39. The molecule has 0 amide bonds. The quantitative estimate of drug-likeness (QED) is 0.854. The molecule has 0 bridgehead atoms. The van der Waals surface area contributed by atoms with Crippen molar-refractivity contribution in [3.8, 4) is 5.75 Å². The molecule has 0 aliphatic heterocycles. The number of ether oxygens (including phenoxy) is 1. The van der Waals surface area contributed by atoms with Gasteiger partial charge in [-0.1, -0.05) is 0 Å². The minimum atomic E-state index is -2.58. The van der Waals surface area contributed by atoms with Crippen molar-refractivity contribution in [3.05, 3.63) is 29.6 Å². The average Bonchev–Trinajstić information content (AvgIpc) is 2.37. The zero-order valence-electron chi connectivity index (χ0n) is 10.7. The average molecular weight is 287 g/mol. The molecule has 0 radical (unpaired) electrons. The number of carboxylic acid groups (broad SMARTS) is 1. The van der Waals surface area contributed by atoms with Crippen LogP contribution in [-0.2, 0) is 0 Å². The highest BCUT2D eigenvalue weighted by Gasteiger charge is 2.34. The number of carboxylic acids is 1. The standard InChI is InChI=1S/C14H15F3O3/c15-12-7-10(1-2-11(12)13(18)19)20-8-9-3-5-14(16,17)6-4-9/h1-2,7,9H,3-6,8H2,(H,18,19)/p-1. The summed E-state index contributed by atoms with van der Waals surface area (Å²) in [6.07, 6.45) is 0.428. The molecule has 1 aliphatic carbocycles. The Hall–Kier alpha value is -1.72. The van der Waals surface area contributed by atoms with Crippen molar-refractivity contribution in [1.29, 1.82) is 0 Å². The van der Waals surface area contributed by atoms with Crippen molar-refractivity contribution in [3.63, 3.8) is 0 Å². The Morgan fingerprint density at radius 2 is 2.00 bits per heavy atom. The van der Waals surface area contributed by atoms with Gasteiger partial charge in [0.15, 0.2) is 0 Å². The largest absolute Gasteiger partial charge is 0.545 e. The van der Waals surface area contributed by atoms with Gasteiger partial charge in [-0.2, -0.15) is 0 Å². The van der Waals surface area contributed by atoms with Gasteiger partial charge in [0.05, 0.1) is 12.6 Å². The van der Waals surface area contributed by atoms with E-state index in [0.717, 1.165) is 12.1 Å². The first-order valence-corrected chi connectivity index (χ1v) is 6.39. The lowest BCUT2D eigenvalue weighted by molar-refractivity contribution is -0.255. The summed E-state index contributed by atoms with van der Waals surface area (Å²) in [6, 6.07) is 3.35. The van der Waals surface area contributed by atoms with Gasteiger partial charge in [-0.3, -0.25) is 0 Å². The van der Waals surface area contributed by atoms with Gasteiger partial charge in [-0.25, -0.2) is 13.2 Å². The molecular weight excluding hydrogens is 273 g/mol. The van der Waals surface area contributed by atoms with E-state index in [2.05, 4.69) is 0 Å². The van der Waals surface area contributed by atoms with Crippen LogP contribution >= 0.6 is 0 Å². The maximum Gasteiger partial charge on any atom is 0.248 e. The first kappa shape index (κ1) is 14.7. The van der Waals surface area contributed by atoms with Crippen molar-refractivity contribution < 1.29 is 27.8 Å². The summed E-state index contributed by atoms with van der Waals surface area (Å²) < 4.78 is 44.6. The SMILES string of the molecule is O=C([O-])c1ccc(OCC2CCC(F)(F)CC2)cc1F. The molecule has 0 spiro atoms. The van der Waals surface area contributed by atoms with E-state index >= 15 is 0 Å². The van der Waals surface area contributed by atoms with E-state index in [1.165, 1.54) is 6.07 Å². The maximum absolute atomic E-state index is 13.4. The fraction of sp³-hybridized carbons (Fsp3) is 0.500. The summed E-state index contributed by atoms with van der Waals surface area (Å²) >= 11 is 0. The number of halogens is 3. The molecule has 1 fully saturated rings. The van der Waals surface area contributed by atoms with Crippen LogP contribution in [-0.4, -0.2) is 18.5 Å². The van der Waals surface area contributed by atoms with E-state index in [1.807, 2.05) is 0 Å². The summed E-state index contributed by atoms with van der Waals surface area (Å²) in [5.41, 5.74) is -0.533. The molecule has 1 aromatic carbocycles. The topological polar surface area (TPSA) is 49.4 Å². The number of carbonyl (C=O) groups is 1. The Labute approximate surface area is 114 Å². The predicted molar refractivity (Wildman–Crippen MR) is 63.1 cm³/mol. The van der Waals surface area contributed by atoms with Gasteiger partial charge in [0.2, 0.25) is 5.92 Å². The molecule has 1 aliphatic rings. The Kier molecular flexibility index (Phi) is 4.20. The van der Waals surface area contributed by atoms with Gasteiger partial charge in [0.1, 0.15) is 11.6 Å². The number of alkyl halides is 2. The second-order valence-corrected chi connectivity index (χ2v) is 5.04. The molecule has 6 heteroatoms. The molecule has 3 nitrogen and oxygen atoms in total. The molecule has 1 saturated carbocycles. The van der Waals surface area contributed by atoms with Crippen LogP contribution in [0.4, 0.5) is 13.2 Å². The van der Waals surface area contributed by atoms with Gasteiger partial charge in [-0.05, 0) is 30.9 Å². The number of aromatic carboxylic acids is 1. The van der Waals surface area contributed by atoms with Crippen molar-refractivity contribution in [2.45, 2.75) is 31.6 Å². The smallest absolute Gasteiger partial charge is 0.248 e. The molecule has 0 atom stereocenters. The highest BCUT2D eigenvalue weighted by molar-refractivity contribution is 5.86. The van der Waals surface area contributed by atoms with Crippen LogP contribution in [0, 0.1) is 11.7 Å². The minimum Gasteiger partial charge on any atom is -0.545 e. The molecule has 2 rings (SSSR count). The summed E-state index contributed by atoms with van der Waals surface area (Å²) in [7, 11) is 0. The van der Waals surface area contributed by atoms with Crippen LogP contribution in [0.3, 0.4) is 0 Å². The summed E-state index contributed by atoms with van der Waals surface area (Å²) in [5, 5.41) is 10.5. The van der Waals surface area contributed by atoms with E-state index in [1.54, 1.807) is 0 Å². The summed E-state index contributed by atoms with van der Waals surface area (Å²) in [5.74, 6) is -4.91. The van der Waals surface area contributed by atoms with Crippen LogP contribution in [0.5, 0.6) is 5.75 Å². The van der Waals surface area contributed by atoms with Gasteiger partial charge in [0, 0.05) is 24.5 Å². The van der Waals surface area contributed by atoms with Gasteiger partial charge >= 0.3 is 0 Å². The molecule has 0 heterocycles. The fourth-order valence-corrected chi connectivity index (χ4v) is 2.23. The van der Waals surface area contributed by atoms with Crippen molar-refractivity contribution in [1.82, 2.24) is 0 Å². The molecule has 0 aromatic heterocycles. The van der Waals surface area contributed by atoms with Crippen molar-refractivity contribution in [2.75, 3.05) is 6.61 Å². The second kappa shape index (κ2) is 5.73. The highest BCUT2D eigenvalue weighted by Crippen LogP contribution is 2.36. The van der Waals surface area contributed by atoms with E-state index < -0.39 is 23.3 Å². The Balaban J connectivity index is 1.89. The molecule has 0 unspecified atom stereocenters. The number of benzene rings is 1. The van der Waals surface area contributed by atoms with Crippen LogP contribution in [0.2, 0.25) is 0 Å². The van der Waals surface area contributed by atoms with Gasteiger partial charge in [-0.15, -0.1) is 0 Å². The predicted octanol–water partition coefficient (Wildman–Crippen LogP) is 2.39. The lowest BCUT2D eigenvalue weighted by Crippen LogP contribution is -2.27. The summed E-state index contributed by atoms with van der Waals surface area (Å²) in [4.78, 5) is 10.5. The first-order chi connectivity index (χ1) is 9.37. The normalized spacial score (nSPS) is 18.8. The summed E-state index contributed by atoms with van der Waals surface area (Å²) in [6.45, 7) is 0.222. The monoisotopic (exact) mass is 287 g/mol. The molecule has 0 N–H and O–H groups in total. The van der Waals surface area contributed by atoms with Crippen LogP contribution in [0.1, 0.15) is 36.0 Å². The van der Waals surface area contributed by atoms with Crippen LogP contribution < -0.4 is 9.84 Å². The number of hydrogen-bond acceptors (Lipinski definition) is 3. The lowest BCUT2D eigenvalue weighted by atomic mass is 9.87. The van der Waals surface area contributed by atoms with Gasteiger partial charge < -0.3 is 14.6 Å². The van der Waals surface area contributed by atoms with E-state index in [4.69, 9.17) is 4.74 Å². The molecule has 110 valence electrons. The van der Waals surface area contributed by atoms with E-state index in [0.29, 0.717) is 12.8 Å². The fourth-order valence-electron chi connectivity index (χ4n) is 2.23. The Bertz CT molecular complexity index is 492. The third-order valence-corrected chi connectivity index (χ3v) is 3.48. The van der Waals surface area contributed by atoms with Gasteiger partial charge in [0.25, 0.3) is 0 Å².